The summed E-state index contributed by atoms with van der Waals surface area (Å²) in [5, 5.41) is 11.7. The van der Waals surface area contributed by atoms with E-state index in [0.29, 0.717) is 0 Å². The summed E-state index contributed by atoms with van der Waals surface area (Å²) in [4.78, 5) is 22.9. The zero-order valence-corrected chi connectivity index (χ0v) is 16.4. The Hall–Kier alpha value is -2.97. The Morgan fingerprint density at radius 3 is 2.38 bits per heavy atom. The van der Waals surface area contributed by atoms with Gasteiger partial charge in [0, 0.05) is 11.0 Å². The van der Waals surface area contributed by atoms with E-state index in [0.717, 1.165) is 6.07 Å². The predicted molar refractivity (Wildman–Crippen MR) is 100 cm³/mol. The second kappa shape index (κ2) is 8.18. The highest BCUT2D eigenvalue weighted by Gasteiger charge is 2.35. The number of rotatable bonds is 5. The largest absolute Gasteiger partial charge is 0.478 e. The number of carboxylic acids is 1. The van der Waals surface area contributed by atoms with Crippen molar-refractivity contribution in [1.82, 2.24) is 5.32 Å². The van der Waals surface area contributed by atoms with Gasteiger partial charge in [0.25, 0.3) is 0 Å². The second-order valence-electron chi connectivity index (χ2n) is 7.38. The molecule has 2 rings (SSSR count). The fourth-order valence-electron chi connectivity index (χ4n) is 2.60. The molecule has 0 unspecified atom stereocenters. The third kappa shape index (κ3) is 6.00. The minimum Gasteiger partial charge on any atom is -0.478 e. The molecule has 6 nitrogen and oxygen atoms in total. The summed E-state index contributed by atoms with van der Waals surface area (Å²) >= 11 is 0. The smallest absolute Gasteiger partial charge is 0.420 e. The molecule has 158 valence electrons. The SMILES string of the molecule is CC/C(=C\c1cc(C(F)(F)F)c2oc(CNC(=O)OC(C)(C)C)cc2c1)C(=O)O. The maximum atomic E-state index is 13.5. The molecular weight excluding hydrogens is 391 g/mol. The van der Waals surface area contributed by atoms with Gasteiger partial charge in [-0.15, -0.1) is 0 Å². The summed E-state index contributed by atoms with van der Waals surface area (Å²) in [5.41, 5.74) is -2.05. The number of nitrogens with one attached hydrogen (secondary N) is 1. The van der Waals surface area contributed by atoms with E-state index < -0.39 is 29.4 Å². The lowest BCUT2D eigenvalue weighted by Gasteiger charge is -2.19. The Morgan fingerprint density at radius 1 is 1.21 bits per heavy atom. The monoisotopic (exact) mass is 413 g/mol. The molecule has 0 atom stereocenters. The quantitative estimate of drug-likeness (QED) is 0.645. The minimum absolute atomic E-state index is 0.0206. The van der Waals surface area contributed by atoms with E-state index in [1.54, 1.807) is 27.7 Å². The number of halogens is 3. The van der Waals surface area contributed by atoms with E-state index in [2.05, 4.69) is 5.32 Å². The van der Waals surface area contributed by atoms with Crippen molar-refractivity contribution in [2.45, 2.75) is 52.4 Å². The maximum absolute atomic E-state index is 13.5. The van der Waals surface area contributed by atoms with Gasteiger partial charge in [-0.3, -0.25) is 0 Å². The average molecular weight is 413 g/mol. The highest BCUT2D eigenvalue weighted by molar-refractivity contribution is 5.93. The van der Waals surface area contributed by atoms with Gasteiger partial charge in [0.2, 0.25) is 0 Å². The highest BCUT2D eigenvalue weighted by Crippen LogP contribution is 2.37. The molecule has 0 spiro atoms. The number of hydrogen-bond acceptors (Lipinski definition) is 4. The number of ether oxygens (including phenoxy) is 1. The Balaban J connectivity index is 2.41. The van der Waals surface area contributed by atoms with Crippen LogP contribution >= 0.6 is 0 Å². The van der Waals surface area contributed by atoms with E-state index in [1.807, 2.05) is 0 Å². The van der Waals surface area contributed by atoms with Crippen molar-refractivity contribution in [2.24, 2.45) is 0 Å². The van der Waals surface area contributed by atoms with Crippen LogP contribution in [0.5, 0.6) is 0 Å². The van der Waals surface area contributed by atoms with Gasteiger partial charge in [0.1, 0.15) is 16.9 Å². The van der Waals surface area contributed by atoms with Crippen LogP contribution in [-0.4, -0.2) is 22.8 Å². The molecule has 9 heteroatoms. The number of hydrogen-bond donors (Lipinski definition) is 2. The first-order valence-electron chi connectivity index (χ1n) is 8.84. The summed E-state index contributed by atoms with van der Waals surface area (Å²) in [5.74, 6) is -1.10. The van der Waals surface area contributed by atoms with Crippen molar-refractivity contribution >= 4 is 29.1 Å². The number of alkyl carbamates (subject to hydrolysis) is 1. The Kier molecular flexibility index (Phi) is 6.30. The first-order valence-corrected chi connectivity index (χ1v) is 8.84. The molecule has 0 aliphatic rings. The lowest BCUT2D eigenvalue weighted by Crippen LogP contribution is -2.32. The summed E-state index contributed by atoms with van der Waals surface area (Å²) in [6.45, 7) is 6.48. The van der Waals surface area contributed by atoms with Gasteiger partial charge in [-0.2, -0.15) is 13.2 Å². The van der Waals surface area contributed by atoms with Crippen LogP contribution in [0.3, 0.4) is 0 Å². The van der Waals surface area contributed by atoms with E-state index in [4.69, 9.17) is 14.3 Å². The van der Waals surface area contributed by atoms with E-state index in [1.165, 1.54) is 18.2 Å². The fourth-order valence-corrected chi connectivity index (χ4v) is 2.60. The standard InChI is InChI=1S/C20H22F3NO5/c1-5-12(17(25)26)6-11-7-13-9-14(10-24-18(27)29-19(2,3)4)28-16(13)15(8-11)20(21,22)23/h6-9H,5,10H2,1-4H3,(H,24,27)(H,25,26)/b12-6+. The molecule has 1 amide bonds. The highest BCUT2D eigenvalue weighted by atomic mass is 19.4. The number of aliphatic carboxylic acids is 1. The van der Waals surface area contributed by atoms with Gasteiger partial charge in [0.05, 0.1) is 12.1 Å². The molecule has 0 fully saturated rings. The zero-order valence-electron chi connectivity index (χ0n) is 16.4. The van der Waals surface area contributed by atoms with Crippen LogP contribution in [0, 0.1) is 0 Å². The van der Waals surface area contributed by atoms with Gasteiger partial charge in [-0.1, -0.05) is 6.92 Å². The van der Waals surface area contributed by atoms with Crippen molar-refractivity contribution < 1.29 is 37.0 Å². The van der Waals surface area contributed by atoms with Crippen LogP contribution in [0.2, 0.25) is 0 Å². The first-order chi connectivity index (χ1) is 13.3. The Labute approximate surface area is 165 Å². The summed E-state index contributed by atoms with van der Waals surface area (Å²) < 4.78 is 50.9. The normalized spacial score (nSPS) is 12.9. The third-order valence-electron chi connectivity index (χ3n) is 3.80. The Bertz CT molecular complexity index is 951. The zero-order chi connectivity index (χ0) is 22.0. The molecule has 1 aromatic heterocycles. The molecule has 0 radical (unpaired) electrons. The molecule has 0 saturated carbocycles. The van der Waals surface area contributed by atoms with Crippen LogP contribution in [0.15, 0.2) is 28.2 Å². The van der Waals surface area contributed by atoms with E-state index in [9.17, 15) is 22.8 Å². The van der Waals surface area contributed by atoms with E-state index >= 15 is 0 Å². The molecule has 1 aromatic carbocycles. The van der Waals surface area contributed by atoms with Crippen molar-refractivity contribution in [2.75, 3.05) is 0 Å². The van der Waals surface area contributed by atoms with Crippen molar-refractivity contribution in [3.63, 3.8) is 0 Å². The van der Waals surface area contributed by atoms with Crippen LogP contribution < -0.4 is 5.32 Å². The molecule has 2 N–H and O–H groups in total. The summed E-state index contributed by atoms with van der Waals surface area (Å²) in [6, 6.07) is 3.62. The fraction of sp³-hybridized carbons (Fsp3) is 0.400. The van der Waals surface area contributed by atoms with Gasteiger partial charge in [-0.25, -0.2) is 9.59 Å². The number of amides is 1. The number of fused-ring (bicyclic) bond motifs is 1. The number of carbonyl (C=O) groups is 2. The molecule has 2 aromatic rings. The van der Waals surface area contributed by atoms with Crippen LogP contribution in [-0.2, 0) is 22.3 Å². The van der Waals surface area contributed by atoms with Gasteiger partial charge >= 0.3 is 18.2 Å². The number of benzene rings is 1. The lowest BCUT2D eigenvalue weighted by atomic mass is 10.0. The molecule has 0 bridgehead atoms. The summed E-state index contributed by atoms with van der Waals surface area (Å²) in [6.07, 6.45) is -4.08. The maximum Gasteiger partial charge on any atom is 0.420 e. The van der Waals surface area contributed by atoms with Gasteiger partial charge < -0.3 is 19.6 Å². The molecular formula is C20H22F3NO5. The van der Waals surface area contributed by atoms with Crippen LogP contribution in [0.4, 0.5) is 18.0 Å². The predicted octanol–water partition coefficient (Wildman–Crippen LogP) is 5.35. The lowest BCUT2D eigenvalue weighted by molar-refractivity contribution is -0.137. The molecule has 0 aliphatic heterocycles. The minimum atomic E-state index is -4.70. The molecule has 1 heterocycles. The van der Waals surface area contributed by atoms with Gasteiger partial charge in [0.15, 0.2) is 0 Å². The second-order valence-corrected chi connectivity index (χ2v) is 7.38. The number of furan rings is 1. The van der Waals surface area contributed by atoms with E-state index in [-0.39, 0.29) is 40.8 Å². The topological polar surface area (TPSA) is 88.8 Å². The number of carbonyl (C=O) groups excluding carboxylic acids is 1. The Morgan fingerprint density at radius 2 is 1.86 bits per heavy atom. The van der Waals surface area contributed by atoms with Crippen LogP contribution in [0.25, 0.3) is 17.0 Å². The molecule has 0 aliphatic carbocycles. The number of carboxylic acid groups (broad SMARTS) is 1. The molecule has 29 heavy (non-hydrogen) atoms. The summed E-state index contributed by atoms with van der Waals surface area (Å²) in [7, 11) is 0. The van der Waals surface area contributed by atoms with Crippen molar-refractivity contribution in [3.05, 3.63) is 40.7 Å². The van der Waals surface area contributed by atoms with Crippen LogP contribution in [0.1, 0.15) is 51.0 Å². The van der Waals surface area contributed by atoms with Crippen molar-refractivity contribution in [1.29, 1.82) is 0 Å². The molecule has 0 saturated heterocycles. The third-order valence-corrected chi connectivity index (χ3v) is 3.80. The average Bonchev–Trinajstić information content (AvgIpc) is 2.97. The first kappa shape index (κ1) is 22.3. The van der Waals surface area contributed by atoms with Gasteiger partial charge in [-0.05, 0) is 57.0 Å². The number of alkyl halides is 3. The van der Waals surface area contributed by atoms with Crippen molar-refractivity contribution in [3.8, 4) is 0 Å².